The van der Waals surface area contributed by atoms with E-state index in [-0.39, 0.29) is 12.4 Å². The van der Waals surface area contributed by atoms with Crippen molar-refractivity contribution >= 4 is 26.8 Å². The zero-order valence-electron chi connectivity index (χ0n) is 15.0. The minimum absolute atomic E-state index is 0.000820. The van der Waals surface area contributed by atoms with Gasteiger partial charge in [-0.05, 0) is 52.7 Å². The molecule has 0 saturated carbocycles. The summed E-state index contributed by atoms with van der Waals surface area (Å²) in [6, 6.07) is 12.1. The molecular formula is C20H17BrF3NO3. The molecule has 0 fully saturated rings. The molecule has 28 heavy (non-hydrogen) atoms. The molecule has 0 aliphatic rings. The SMILES string of the molecule is COc1ccc(COc2c(C(O)C(F)(F)F)nc3ccc(C)cc3c2Br)cc1. The Morgan fingerprint density at radius 1 is 1.14 bits per heavy atom. The number of aromatic nitrogens is 1. The number of ether oxygens (including phenoxy) is 2. The Balaban J connectivity index is 2.05. The second-order valence-corrected chi connectivity index (χ2v) is 7.03. The van der Waals surface area contributed by atoms with E-state index in [1.807, 2.05) is 6.92 Å². The smallest absolute Gasteiger partial charge is 0.420 e. The molecule has 8 heteroatoms. The molecule has 1 heterocycles. The highest BCUT2D eigenvalue weighted by molar-refractivity contribution is 9.10. The van der Waals surface area contributed by atoms with Crippen molar-refractivity contribution in [2.75, 3.05) is 7.11 Å². The fourth-order valence-electron chi connectivity index (χ4n) is 2.69. The second kappa shape index (κ2) is 7.97. The highest BCUT2D eigenvalue weighted by Gasteiger charge is 2.43. The number of hydrogen-bond acceptors (Lipinski definition) is 4. The number of hydrogen-bond donors (Lipinski definition) is 1. The van der Waals surface area contributed by atoms with Crippen LogP contribution in [0.4, 0.5) is 13.2 Å². The summed E-state index contributed by atoms with van der Waals surface area (Å²) in [6.07, 6.45) is -7.64. The average Bonchev–Trinajstić information content (AvgIpc) is 2.66. The van der Waals surface area contributed by atoms with Gasteiger partial charge in [0, 0.05) is 5.39 Å². The number of aliphatic hydroxyl groups excluding tert-OH is 1. The summed E-state index contributed by atoms with van der Waals surface area (Å²) in [6.45, 7) is 1.86. The number of benzene rings is 2. The molecule has 0 bridgehead atoms. The van der Waals surface area contributed by atoms with Crippen molar-refractivity contribution in [2.24, 2.45) is 0 Å². The zero-order valence-corrected chi connectivity index (χ0v) is 16.6. The van der Waals surface area contributed by atoms with Gasteiger partial charge in [0.25, 0.3) is 0 Å². The molecule has 0 amide bonds. The molecule has 0 aliphatic carbocycles. The van der Waals surface area contributed by atoms with Crippen molar-refractivity contribution in [1.29, 1.82) is 0 Å². The number of fused-ring (bicyclic) bond motifs is 1. The predicted molar refractivity (Wildman–Crippen MR) is 103 cm³/mol. The third-order valence-electron chi connectivity index (χ3n) is 4.17. The van der Waals surface area contributed by atoms with Crippen molar-refractivity contribution in [3.63, 3.8) is 0 Å². The third-order valence-corrected chi connectivity index (χ3v) is 4.96. The number of nitrogens with zero attached hydrogens (tertiary/aromatic N) is 1. The minimum atomic E-state index is -4.87. The van der Waals surface area contributed by atoms with Gasteiger partial charge in [0.05, 0.1) is 17.1 Å². The first kappa shape index (κ1) is 20.4. The number of rotatable bonds is 5. The minimum Gasteiger partial charge on any atom is -0.497 e. The summed E-state index contributed by atoms with van der Waals surface area (Å²) in [5, 5.41) is 10.4. The van der Waals surface area contributed by atoms with Gasteiger partial charge in [-0.2, -0.15) is 13.2 Å². The van der Waals surface area contributed by atoms with E-state index in [4.69, 9.17) is 9.47 Å². The van der Waals surface area contributed by atoms with Gasteiger partial charge >= 0.3 is 6.18 Å². The number of methoxy groups -OCH3 is 1. The van der Waals surface area contributed by atoms with Gasteiger partial charge < -0.3 is 14.6 Å². The van der Waals surface area contributed by atoms with Crippen molar-refractivity contribution < 1.29 is 27.8 Å². The van der Waals surface area contributed by atoms with Gasteiger partial charge in [-0.25, -0.2) is 4.98 Å². The third kappa shape index (κ3) is 4.23. The Bertz CT molecular complexity index is 991. The maximum absolute atomic E-state index is 13.2. The largest absolute Gasteiger partial charge is 0.497 e. The molecule has 0 saturated heterocycles. The van der Waals surface area contributed by atoms with Gasteiger partial charge in [0.2, 0.25) is 0 Å². The molecule has 3 aromatic rings. The highest BCUT2D eigenvalue weighted by atomic mass is 79.9. The standard InChI is InChI=1S/C20H17BrF3NO3/c1-11-3-8-15-14(9-11)16(21)18(17(25-15)19(26)20(22,23)24)28-10-12-4-6-13(27-2)7-5-12/h3-9,19,26H,10H2,1-2H3. The van der Waals surface area contributed by atoms with Crippen LogP contribution in [-0.4, -0.2) is 23.4 Å². The monoisotopic (exact) mass is 455 g/mol. The van der Waals surface area contributed by atoms with Crippen molar-refractivity contribution in [1.82, 2.24) is 4.98 Å². The first-order chi connectivity index (χ1) is 13.2. The van der Waals surface area contributed by atoms with E-state index >= 15 is 0 Å². The Morgan fingerprint density at radius 3 is 2.43 bits per heavy atom. The van der Waals surface area contributed by atoms with Crippen LogP contribution in [0.5, 0.6) is 11.5 Å². The Morgan fingerprint density at radius 2 is 1.82 bits per heavy atom. The van der Waals surface area contributed by atoms with Gasteiger partial charge in [0.1, 0.15) is 18.1 Å². The Kier molecular flexibility index (Phi) is 5.81. The lowest BCUT2D eigenvalue weighted by atomic mass is 10.1. The van der Waals surface area contributed by atoms with E-state index in [1.54, 1.807) is 42.5 Å². The number of halogens is 4. The summed E-state index contributed by atoms with van der Waals surface area (Å²) in [4.78, 5) is 4.04. The van der Waals surface area contributed by atoms with Crippen LogP contribution in [0, 0.1) is 6.92 Å². The van der Waals surface area contributed by atoms with E-state index in [9.17, 15) is 18.3 Å². The Hall–Kier alpha value is -2.32. The maximum atomic E-state index is 13.2. The zero-order chi connectivity index (χ0) is 20.5. The average molecular weight is 456 g/mol. The van der Waals surface area contributed by atoms with Crippen LogP contribution in [0.2, 0.25) is 0 Å². The fraction of sp³-hybridized carbons (Fsp3) is 0.250. The van der Waals surface area contributed by atoms with Gasteiger partial charge in [0.15, 0.2) is 11.9 Å². The molecule has 1 atom stereocenters. The summed E-state index contributed by atoms with van der Waals surface area (Å²) in [5.41, 5.74) is 1.39. The fourth-order valence-corrected chi connectivity index (χ4v) is 3.33. The molecule has 0 radical (unpaired) electrons. The lowest BCUT2D eigenvalue weighted by Crippen LogP contribution is -2.22. The molecule has 148 valence electrons. The van der Waals surface area contributed by atoms with Crippen LogP contribution in [0.3, 0.4) is 0 Å². The van der Waals surface area contributed by atoms with E-state index in [1.165, 1.54) is 7.11 Å². The van der Waals surface area contributed by atoms with Crippen LogP contribution in [0.15, 0.2) is 46.9 Å². The van der Waals surface area contributed by atoms with E-state index in [0.717, 1.165) is 11.1 Å². The Labute approximate surface area is 168 Å². The number of aliphatic hydroxyl groups is 1. The van der Waals surface area contributed by atoms with Crippen LogP contribution < -0.4 is 9.47 Å². The molecule has 0 aliphatic heterocycles. The first-order valence-corrected chi connectivity index (χ1v) is 9.10. The molecule has 1 aromatic heterocycles. The molecular weight excluding hydrogens is 439 g/mol. The summed E-state index contributed by atoms with van der Waals surface area (Å²) in [5.74, 6) is 0.514. The molecule has 3 rings (SSSR count). The summed E-state index contributed by atoms with van der Waals surface area (Å²) >= 11 is 3.33. The number of pyridine rings is 1. The molecule has 2 aromatic carbocycles. The maximum Gasteiger partial charge on any atom is 0.420 e. The topological polar surface area (TPSA) is 51.6 Å². The van der Waals surface area contributed by atoms with Crippen LogP contribution >= 0.6 is 15.9 Å². The quantitative estimate of drug-likeness (QED) is 0.552. The van der Waals surface area contributed by atoms with Crippen LogP contribution in [-0.2, 0) is 6.61 Å². The molecule has 4 nitrogen and oxygen atoms in total. The van der Waals surface area contributed by atoms with Crippen LogP contribution in [0.25, 0.3) is 10.9 Å². The van der Waals surface area contributed by atoms with Crippen molar-refractivity contribution in [2.45, 2.75) is 25.8 Å². The second-order valence-electron chi connectivity index (χ2n) is 6.24. The van der Waals surface area contributed by atoms with E-state index in [0.29, 0.717) is 21.1 Å². The lowest BCUT2D eigenvalue weighted by molar-refractivity contribution is -0.208. The van der Waals surface area contributed by atoms with E-state index < -0.39 is 18.0 Å². The molecule has 1 N–H and O–H groups in total. The van der Waals surface area contributed by atoms with Gasteiger partial charge in [-0.15, -0.1) is 0 Å². The number of alkyl halides is 3. The normalized spacial score (nSPS) is 12.8. The van der Waals surface area contributed by atoms with Crippen LogP contribution in [0.1, 0.15) is 22.9 Å². The van der Waals surface area contributed by atoms with Gasteiger partial charge in [-0.1, -0.05) is 23.8 Å². The summed E-state index contributed by atoms with van der Waals surface area (Å²) < 4.78 is 50.6. The number of aryl methyl sites for hydroxylation is 1. The first-order valence-electron chi connectivity index (χ1n) is 8.31. The molecule has 1 unspecified atom stereocenters. The lowest BCUT2D eigenvalue weighted by Gasteiger charge is -2.20. The van der Waals surface area contributed by atoms with Crippen molar-refractivity contribution in [3.05, 3.63) is 63.8 Å². The van der Waals surface area contributed by atoms with E-state index in [2.05, 4.69) is 20.9 Å². The van der Waals surface area contributed by atoms with Gasteiger partial charge in [-0.3, -0.25) is 0 Å². The highest BCUT2D eigenvalue weighted by Crippen LogP contribution is 2.42. The van der Waals surface area contributed by atoms with Crippen molar-refractivity contribution in [3.8, 4) is 11.5 Å². The predicted octanol–water partition coefficient (Wildman–Crippen LogP) is 5.49. The summed E-state index contributed by atoms with van der Waals surface area (Å²) in [7, 11) is 1.54. The molecule has 0 spiro atoms.